The maximum absolute atomic E-state index is 13.6. The molecule has 0 heterocycles. The molecule has 0 aliphatic carbocycles. The monoisotopic (exact) mass is 936 g/mol. The third-order valence-corrected chi connectivity index (χ3v) is 10.4. The number of hydrogen-bond donors (Lipinski definition) is 12. The standard InChI is InChI=1S/C48H60N10O10/c1-29(53-45(65)37(49)25-33-13-17-35(59)18-14-33)43(63)51-23-21-41(61)55-39(27-31-9-5-3-6-10-31)47(67)57-58-48(68)40(28-32-11-7-4-8-12-32)56-42(62)22-24-52-44(64)30(2)54-46(66)38(50)26-34-15-19-36(60)20-16-34/h3-20,29-30,37-40,59-60H,21-28,49-50H2,1-2H3,(H,51,63)(H,52,64)(H,53,65)(H,54,66)(H,55,61)(H,56,62)(H,57,67)(H,58,68)/t29-,30-,37+,38+,39+,40+/m1/s1. The molecule has 4 rings (SSSR count). The number of nitrogens with one attached hydrogen (secondary N) is 8. The average Bonchev–Trinajstić information content (AvgIpc) is 3.32. The van der Waals surface area contributed by atoms with Crippen LogP contribution in [0.4, 0.5) is 0 Å². The van der Waals surface area contributed by atoms with Crippen LogP contribution < -0.4 is 54.2 Å². The maximum Gasteiger partial charge on any atom is 0.261 e. The van der Waals surface area contributed by atoms with Gasteiger partial charge in [0.2, 0.25) is 35.4 Å². The van der Waals surface area contributed by atoms with E-state index in [9.17, 15) is 48.6 Å². The molecule has 0 saturated carbocycles. The Kier molecular flexibility index (Phi) is 20.9. The molecule has 0 spiro atoms. The Morgan fingerprint density at radius 2 is 0.750 bits per heavy atom. The lowest BCUT2D eigenvalue weighted by molar-refractivity contribution is -0.134. The lowest BCUT2D eigenvalue weighted by Gasteiger charge is -2.22. The van der Waals surface area contributed by atoms with Gasteiger partial charge in [0.1, 0.15) is 35.7 Å². The van der Waals surface area contributed by atoms with E-state index >= 15 is 0 Å². The van der Waals surface area contributed by atoms with Crippen molar-refractivity contribution in [3.05, 3.63) is 131 Å². The number of phenolic OH excluding ortho intramolecular Hbond substituents is 2. The molecule has 6 atom stereocenters. The highest BCUT2D eigenvalue weighted by Gasteiger charge is 2.27. The lowest BCUT2D eigenvalue weighted by atomic mass is 10.0. The summed E-state index contributed by atoms with van der Waals surface area (Å²) in [4.78, 5) is 104. The van der Waals surface area contributed by atoms with E-state index in [4.69, 9.17) is 11.5 Å². The molecular weight excluding hydrogens is 877 g/mol. The summed E-state index contributed by atoms with van der Waals surface area (Å²) in [6.07, 6.45) is -0.0928. The summed E-state index contributed by atoms with van der Waals surface area (Å²) in [6, 6.07) is 23.7. The minimum atomic E-state index is -1.19. The van der Waals surface area contributed by atoms with Crippen molar-refractivity contribution in [3.8, 4) is 11.5 Å². The van der Waals surface area contributed by atoms with Crippen molar-refractivity contribution in [1.29, 1.82) is 0 Å². The van der Waals surface area contributed by atoms with Crippen molar-refractivity contribution in [2.75, 3.05) is 13.1 Å². The minimum absolute atomic E-state index is 0.0267. The van der Waals surface area contributed by atoms with Gasteiger partial charge in [-0.25, -0.2) is 0 Å². The molecule has 0 bridgehead atoms. The molecule has 20 heteroatoms. The van der Waals surface area contributed by atoms with Gasteiger partial charge in [-0.2, -0.15) is 0 Å². The molecule has 0 saturated heterocycles. The summed E-state index contributed by atoms with van der Waals surface area (Å²) in [5.74, 6) is -4.93. The molecule has 0 radical (unpaired) electrons. The quantitative estimate of drug-likeness (QED) is 0.0383. The van der Waals surface area contributed by atoms with Crippen LogP contribution in [0.1, 0.15) is 48.9 Å². The highest BCUT2D eigenvalue weighted by atomic mass is 16.3. The lowest BCUT2D eigenvalue weighted by Crippen LogP contribution is -2.57. The fourth-order valence-corrected chi connectivity index (χ4v) is 6.58. The molecule has 14 N–H and O–H groups in total. The van der Waals surface area contributed by atoms with Crippen LogP contribution in [0.15, 0.2) is 109 Å². The Morgan fingerprint density at radius 1 is 0.426 bits per heavy atom. The van der Waals surface area contributed by atoms with E-state index in [-0.39, 0.29) is 63.1 Å². The van der Waals surface area contributed by atoms with E-state index < -0.39 is 83.5 Å². The SMILES string of the molecule is C[C@@H](NC(=O)[C@@H](N)Cc1ccc(O)cc1)C(=O)NCCC(=O)N[C@@H](Cc1ccccc1)C(=O)NNC(=O)[C@H](Cc1ccccc1)NC(=O)CCNC(=O)[C@@H](C)NC(=O)[C@@H](N)Cc1ccc(O)cc1. The fraction of sp³-hybridized carbons (Fsp3) is 0.333. The number of hydrazine groups is 1. The van der Waals surface area contributed by atoms with Crippen molar-refractivity contribution < 1.29 is 48.6 Å². The van der Waals surface area contributed by atoms with Gasteiger partial charge < -0.3 is 53.6 Å². The predicted octanol–water partition coefficient (Wildman–Crippen LogP) is -0.838. The van der Waals surface area contributed by atoms with Crippen LogP contribution in [0.2, 0.25) is 0 Å². The highest BCUT2D eigenvalue weighted by Crippen LogP contribution is 2.13. The summed E-state index contributed by atoms with van der Waals surface area (Å²) >= 11 is 0. The Labute approximate surface area is 393 Å². The molecule has 8 amide bonds. The van der Waals surface area contributed by atoms with Gasteiger partial charge in [-0.15, -0.1) is 0 Å². The van der Waals surface area contributed by atoms with Crippen LogP contribution in [0.5, 0.6) is 11.5 Å². The van der Waals surface area contributed by atoms with E-state index in [1.807, 2.05) is 0 Å². The van der Waals surface area contributed by atoms with E-state index in [1.54, 1.807) is 84.9 Å². The van der Waals surface area contributed by atoms with Gasteiger partial charge in [0.05, 0.1) is 12.1 Å². The zero-order chi connectivity index (χ0) is 49.6. The number of carbonyl (C=O) groups excluding carboxylic acids is 8. The third kappa shape index (κ3) is 18.6. The Balaban J connectivity index is 1.27. The van der Waals surface area contributed by atoms with Crippen LogP contribution in [-0.2, 0) is 64.0 Å². The van der Waals surface area contributed by atoms with Gasteiger partial charge in [-0.3, -0.25) is 49.2 Å². The van der Waals surface area contributed by atoms with Crippen molar-refractivity contribution in [2.24, 2.45) is 11.5 Å². The van der Waals surface area contributed by atoms with Crippen LogP contribution in [0, 0.1) is 0 Å². The number of hydrogen-bond acceptors (Lipinski definition) is 12. The first kappa shape index (κ1) is 52.8. The Morgan fingerprint density at radius 3 is 1.09 bits per heavy atom. The number of carbonyl (C=O) groups is 8. The van der Waals surface area contributed by atoms with Crippen LogP contribution in [0.25, 0.3) is 0 Å². The first-order valence-corrected chi connectivity index (χ1v) is 22.0. The summed E-state index contributed by atoms with van der Waals surface area (Å²) in [5, 5.41) is 34.4. The van der Waals surface area contributed by atoms with Crippen LogP contribution >= 0.6 is 0 Å². The summed E-state index contributed by atoms with van der Waals surface area (Å²) < 4.78 is 0. The maximum atomic E-state index is 13.6. The first-order valence-electron chi connectivity index (χ1n) is 22.0. The highest BCUT2D eigenvalue weighted by molar-refractivity contribution is 5.93. The van der Waals surface area contributed by atoms with Gasteiger partial charge in [-0.1, -0.05) is 84.9 Å². The normalized spacial score (nSPS) is 13.4. The summed E-state index contributed by atoms with van der Waals surface area (Å²) in [7, 11) is 0. The van der Waals surface area contributed by atoms with E-state index in [0.717, 1.165) is 0 Å². The van der Waals surface area contributed by atoms with Crippen molar-refractivity contribution in [3.63, 3.8) is 0 Å². The fourth-order valence-electron chi connectivity index (χ4n) is 6.58. The van der Waals surface area contributed by atoms with Gasteiger partial charge in [0.25, 0.3) is 11.8 Å². The molecule has 68 heavy (non-hydrogen) atoms. The topological polar surface area (TPSA) is 325 Å². The number of phenols is 2. The number of aromatic hydroxyl groups is 2. The smallest absolute Gasteiger partial charge is 0.261 e. The number of nitrogens with two attached hydrogens (primary N) is 2. The number of rotatable bonds is 24. The molecule has 0 unspecified atom stereocenters. The zero-order valence-corrected chi connectivity index (χ0v) is 37.8. The third-order valence-electron chi connectivity index (χ3n) is 10.4. The molecular formula is C48H60N10O10. The largest absolute Gasteiger partial charge is 0.508 e. The van der Waals surface area contributed by atoms with Gasteiger partial charge >= 0.3 is 0 Å². The van der Waals surface area contributed by atoms with Gasteiger partial charge in [0, 0.05) is 38.8 Å². The zero-order valence-electron chi connectivity index (χ0n) is 37.8. The minimum Gasteiger partial charge on any atom is -0.508 e. The molecule has 4 aromatic carbocycles. The van der Waals surface area contributed by atoms with Crippen molar-refractivity contribution in [1.82, 2.24) is 42.8 Å². The van der Waals surface area contributed by atoms with E-state index in [0.29, 0.717) is 22.3 Å². The van der Waals surface area contributed by atoms with E-state index in [1.165, 1.54) is 38.1 Å². The molecule has 0 aliphatic rings. The molecule has 0 aromatic heterocycles. The van der Waals surface area contributed by atoms with Crippen molar-refractivity contribution in [2.45, 2.75) is 88.6 Å². The van der Waals surface area contributed by atoms with Crippen LogP contribution in [-0.4, -0.2) is 107 Å². The second kappa shape index (κ2) is 27.0. The van der Waals surface area contributed by atoms with E-state index in [2.05, 4.69) is 42.8 Å². The van der Waals surface area contributed by atoms with Gasteiger partial charge in [0.15, 0.2) is 0 Å². The Bertz CT molecular complexity index is 2160. The summed E-state index contributed by atoms with van der Waals surface area (Å²) in [6.45, 7) is 2.63. The molecule has 0 fully saturated rings. The average molecular weight is 937 g/mol. The predicted molar refractivity (Wildman–Crippen MR) is 250 cm³/mol. The van der Waals surface area contributed by atoms with Crippen molar-refractivity contribution >= 4 is 47.3 Å². The number of amides is 8. The first-order chi connectivity index (χ1) is 32.5. The molecule has 20 nitrogen and oxygen atoms in total. The number of benzene rings is 4. The summed E-state index contributed by atoms with van der Waals surface area (Å²) in [5.41, 5.74) is 19.5. The van der Waals surface area contributed by atoms with Crippen LogP contribution in [0.3, 0.4) is 0 Å². The Hall–Kier alpha value is -7.84. The molecule has 4 aromatic rings. The second-order valence-electron chi connectivity index (χ2n) is 16.1. The van der Waals surface area contributed by atoms with Gasteiger partial charge in [-0.05, 0) is 73.2 Å². The second-order valence-corrected chi connectivity index (χ2v) is 16.1. The molecule has 0 aliphatic heterocycles. The molecule has 362 valence electrons.